The van der Waals surface area contributed by atoms with Gasteiger partial charge in [0.15, 0.2) is 11.5 Å². The van der Waals surface area contributed by atoms with Crippen LogP contribution < -0.4 is 9.47 Å². The number of benzene rings is 1. The van der Waals surface area contributed by atoms with E-state index in [1.54, 1.807) is 32.1 Å². The standard InChI is InChI=1S/C22H30N4O4/c1-7-25-15-23-20(24(5)16(4)21(27)26(8-2)22(25)28)13-11-17-10-12-18(30-9-3)19(14-17)29-6/h10-14H,4,7-9,15H2,1-3,5-6H3/b13-11+,23-20-. The first-order chi connectivity index (χ1) is 14.4. The summed E-state index contributed by atoms with van der Waals surface area (Å²) in [7, 11) is 3.30. The molecule has 1 aromatic carbocycles. The van der Waals surface area contributed by atoms with Crippen LogP contribution in [0.4, 0.5) is 4.79 Å². The number of nitrogens with zero attached hydrogens (tertiary/aromatic N) is 4. The highest BCUT2D eigenvalue weighted by Crippen LogP contribution is 2.28. The fourth-order valence-electron chi connectivity index (χ4n) is 2.93. The molecule has 1 aliphatic heterocycles. The van der Waals surface area contributed by atoms with E-state index >= 15 is 0 Å². The molecule has 8 heteroatoms. The van der Waals surface area contributed by atoms with Gasteiger partial charge in [-0.25, -0.2) is 9.79 Å². The maximum Gasteiger partial charge on any atom is 0.328 e. The number of carbonyl (C=O) groups excluding carboxylic acids is 2. The second-order valence-electron chi connectivity index (χ2n) is 6.53. The van der Waals surface area contributed by atoms with Crippen molar-refractivity contribution in [3.8, 4) is 11.5 Å². The fraction of sp³-hybridized carbons (Fsp3) is 0.409. The van der Waals surface area contributed by atoms with E-state index < -0.39 is 5.91 Å². The summed E-state index contributed by atoms with van der Waals surface area (Å²) in [5.41, 5.74) is 1.05. The third-order valence-electron chi connectivity index (χ3n) is 4.76. The number of carbonyl (C=O) groups is 2. The molecule has 0 saturated heterocycles. The summed E-state index contributed by atoms with van der Waals surface area (Å²) >= 11 is 0. The second-order valence-corrected chi connectivity index (χ2v) is 6.53. The zero-order chi connectivity index (χ0) is 22.3. The Bertz CT molecular complexity index is 863. The van der Waals surface area contributed by atoms with Gasteiger partial charge in [0.2, 0.25) is 0 Å². The minimum absolute atomic E-state index is 0.142. The minimum atomic E-state index is -0.436. The van der Waals surface area contributed by atoms with E-state index in [0.29, 0.717) is 30.5 Å². The Morgan fingerprint density at radius 3 is 2.47 bits per heavy atom. The Morgan fingerprint density at radius 2 is 1.87 bits per heavy atom. The van der Waals surface area contributed by atoms with Crippen LogP contribution >= 0.6 is 0 Å². The van der Waals surface area contributed by atoms with Gasteiger partial charge in [-0.1, -0.05) is 18.7 Å². The van der Waals surface area contributed by atoms with E-state index in [1.807, 2.05) is 38.1 Å². The molecule has 30 heavy (non-hydrogen) atoms. The van der Waals surface area contributed by atoms with Crippen molar-refractivity contribution in [3.05, 3.63) is 42.1 Å². The van der Waals surface area contributed by atoms with Crippen molar-refractivity contribution in [1.29, 1.82) is 0 Å². The van der Waals surface area contributed by atoms with Gasteiger partial charge in [-0.2, -0.15) is 0 Å². The lowest BCUT2D eigenvalue weighted by Gasteiger charge is -2.27. The lowest BCUT2D eigenvalue weighted by atomic mass is 10.2. The predicted octanol–water partition coefficient (Wildman–Crippen LogP) is 3.21. The van der Waals surface area contributed by atoms with Gasteiger partial charge in [-0.05, 0) is 44.5 Å². The molecule has 8 nitrogen and oxygen atoms in total. The van der Waals surface area contributed by atoms with Gasteiger partial charge in [0, 0.05) is 20.1 Å². The van der Waals surface area contributed by atoms with Crippen LogP contribution in [0.1, 0.15) is 26.3 Å². The Hall–Kier alpha value is -3.29. The van der Waals surface area contributed by atoms with Crippen LogP contribution in [-0.4, -0.2) is 73.0 Å². The Labute approximate surface area is 178 Å². The number of hydrogen-bond acceptors (Lipinski definition) is 6. The Kier molecular flexibility index (Phi) is 8.03. The lowest BCUT2D eigenvalue weighted by molar-refractivity contribution is -0.125. The number of methoxy groups -OCH3 is 1. The molecule has 1 heterocycles. The number of amidine groups is 1. The molecule has 3 amide bonds. The van der Waals surface area contributed by atoms with Gasteiger partial charge in [-0.3, -0.25) is 9.69 Å². The van der Waals surface area contributed by atoms with Crippen molar-refractivity contribution < 1.29 is 19.1 Å². The monoisotopic (exact) mass is 414 g/mol. The first-order valence-electron chi connectivity index (χ1n) is 9.94. The highest BCUT2D eigenvalue weighted by molar-refractivity contribution is 6.08. The van der Waals surface area contributed by atoms with Crippen molar-refractivity contribution in [2.45, 2.75) is 20.8 Å². The summed E-state index contributed by atoms with van der Waals surface area (Å²) in [6.07, 6.45) is 3.65. The first-order valence-corrected chi connectivity index (χ1v) is 9.94. The number of aliphatic imine (C=N–C) groups is 1. The van der Waals surface area contributed by atoms with Crippen molar-refractivity contribution in [3.63, 3.8) is 0 Å². The largest absolute Gasteiger partial charge is 0.493 e. The van der Waals surface area contributed by atoms with Crippen molar-refractivity contribution in [1.82, 2.24) is 14.7 Å². The molecule has 0 spiro atoms. The molecule has 1 aromatic rings. The average molecular weight is 415 g/mol. The molecule has 0 N–H and O–H groups in total. The number of urea groups is 1. The van der Waals surface area contributed by atoms with E-state index in [0.717, 1.165) is 5.56 Å². The van der Waals surface area contributed by atoms with Crippen LogP contribution in [0.15, 0.2) is 41.5 Å². The van der Waals surface area contributed by atoms with E-state index in [1.165, 1.54) is 9.80 Å². The van der Waals surface area contributed by atoms with E-state index in [4.69, 9.17) is 9.47 Å². The van der Waals surface area contributed by atoms with Gasteiger partial charge in [0.1, 0.15) is 18.2 Å². The Balaban J connectivity index is 2.37. The second kappa shape index (κ2) is 10.5. The van der Waals surface area contributed by atoms with Gasteiger partial charge in [0.05, 0.1) is 13.7 Å². The summed E-state index contributed by atoms with van der Waals surface area (Å²) in [4.78, 5) is 34.3. The highest BCUT2D eigenvalue weighted by atomic mass is 16.5. The highest BCUT2D eigenvalue weighted by Gasteiger charge is 2.29. The number of amides is 3. The van der Waals surface area contributed by atoms with Crippen LogP contribution in [0.5, 0.6) is 11.5 Å². The number of ether oxygens (including phenoxy) is 2. The SMILES string of the molecule is C=C1C(=O)N(CC)C(=O)N(CC)C/N=C(/C=C/c2ccc(OCC)c(OC)c2)N1C. The van der Waals surface area contributed by atoms with Gasteiger partial charge < -0.3 is 19.3 Å². The molecule has 0 fully saturated rings. The van der Waals surface area contributed by atoms with Crippen LogP contribution in [0, 0.1) is 0 Å². The minimum Gasteiger partial charge on any atom is -0.493 e. The molecule has 0 bridgehead atoms. The number of hydrogen-bond donors (Lipinski definition) is 0. The van der Waals surface area contributed by atoms with Gasteiger partial charge in [0.25, 0.3) is 5.91 Å². The van der Waals surface area contributed by atoms with Crippen molar-refractivity contribution in [2.24, 2.45) is 4.99 Å². The van der Waals surface area contributed by atoms with Crippen LogP contribution in [0.2, 0.25) is 0 Å². The zero-order valence-electron chi connectivity index (χ0n) is 18.3. The van der Waals surface area contributed by atoms with Gasteiger partial charge in [-0.15, -0.1) is 0 Å². The average Bonchev–Trinajstić information content (AvgIpc) is 2.78. The summed E-state index contributed by atoms with van der Waals surface area (Å²) in [5, 5.41) is 0. The molecule has 2 rings (SSSR count). The summed E-state index contributed by atoms with van der Waals surface area (Å²) in [6.45, 7) is 10.8. The number of rotatable bonds is 7. The topological polar surface area (TPSA) is 74.7 Å². The predicted molar refractivity (Wildman–Crippen MR) is 118 cm³/mol. The molecule has 0 aliphatic carbocycles. The van der Waals surface area contributed by atoms with Crippen LogP contribution in [0.3, 0.4) is 0 Å². The maximum absolute atomic E-state index is 12.8. The molecule has 1 aliphatic rings. The van der Waals surface area contributed by atoms with Crippen molar-refractivity contribution >= 4 is 23.8 Å². The molecular weight excluding hydrogens is 384 g/mol. The molecule has 162 valence electrons. The van der Waals surface area contributed by atoms with Crippen molar-refractivity contribution in [2.75, 3.05) is 40.5 Å². The molecule has 0 unspecified atom stereocenters. The van der Waals surface area contributed by atoms with Crippen LogP contribution in [-0.2, 0) is 4.79 Å². The quantitative estimate of drug-likeness (QED) is 0.641. The zero-order valence-corrected chi connectivity index (χ0v) is 18.3. The lowest BCUT2D eigenvalue weighted by Crippen LogP contribution is -2.47. The third-order valence-corrected chi connectivity index (χ3v) is 4.76. The van der Waals surface area contributed by atoms with Gasteiger partial charge >= 0.3 is 6.03 Å². The normalized spacial score (nSPS) is 17.6. The molecule has 0 radical (unpaired) electrons. The fourth-order valence-corrected chi connectivity index (χ4v) is 2.93. The van der Waals surface area contributed by atoms with E-state index in [9.17, 15) is 9.59 Å². The maximum atomic E-state index is 12.8. The Morgan fingerprint density at radius 1 is 1.13 bits per heavy atom. The summed E-state index contributed by atoms with van der Waals surface area (Å²) < 4.78 is 10.9. The molecule has 0 atom stereocenters. The summed E-state index contributed by atoms with van der Waals surface area (Å²) in [5.74, 6) is 1.38. The van der Waals surface area contributed by atoms with E-state index in [-0.39, 0.29) is 24.9 Å². The molecule has 0 aromatic heterocycles. The number of imide groups is 1. The van der Waals surface area contributed by atoms with E-state index in [2.05, 4.69) is 11.6 Å². The van der Waals surface area contributed by atoms with Crippen LogP contribution in [0.25, 0.3) is 6.08 Å². The molecule has 0 saturated carbocycles. The third kappa shape index (κ3) is 5.00. The summed E-state index contributed by atoms with van der Waals surface area (Å²) in [6, 6.07) is 5.23. The number of likely N-dealkylation sites (N-methyl/N-ethyl adjacent to an activating group) is 2. The first kappa shape index (κ1) is 23.0. The molecular formula is C22H30N4O4. The smallest absolute Gasteiger partial charge is 0.328 e.